The van der Waals surface area contributed by atoms with Crippen molar-refractivity contribution < 1.29 is 13.5 Å². The molecule has 0 aliphatic carbocycles. The molecular formula is C12H11ClF2O. The van der Waals surface area contributed by atoms with E-state index in [0.29, 0.717) is 17.7 Å². The molecule has 0 bridgehead atoms. The number of hydrogen-bond acceptors (Lipinski definition) is 1. The van der Waals surface area contributed by atoms with Crippen LogP contribution in [0.25, 0.3) is 0 Å². The highest BCUT2D eigenvalue weighted by atomic mass is 35.5. The van der Waals surface area contributed by atoms with Crippen LogP contribution in [0.4, 0.5) is 8.78 Å². The highest BCUT2D eigenvalue weighted by Crippen LogP contribution is 2.16. The smallest absolute Gasteiger partial charge is 0.128 e. The molecule has 0 atom stereocenters. The molecule has 1 aromatic rings. The Bertz CT molecular complexity index is 396. The zero-order valence-electron chi connectivity index (χ0n) is 8.60. The first-order chi connectivity index (χ1) is 7.76. The Labute approximate surface area is 98.4 Å². The summed E-state index contributed by atoms with van der Waals surface area (Å²) >= 11 is 5.39. The predicted molar refractivity (Wildman–Crippen MR) is 60.1 cm³/mol. The van der Waals surface area contributed by atoms with E-state index in [9.17, 15) is 8.78 Å². The molecule has 0 saturated heterocycles. The van der Waals surface area contributed by atoms with Gasteiger partial charge in [0.2, 0.25) is 0 Å². The maximum absolute atomic E-state index is 13.1. The van der Waals surface area contributed by atoms with Crippen molar-refractivity contribution in [3.05, 3.63) is 29.6 Å². The van der Waals surface area contributed by atoms with E-state index in [4.69, 9.17) is 16.3 Å². The van der Waals surface area contributed by atoms with Gasteiger partial charge < -0.3 is 4.74 Å². The molecule has 0 aliphatic rings. The van der Waals surface area contributed by atoms with Crippen LogP contribution in [0.2, 0.25) is 0 Å². The van der Waals surface area contributed by atoms with Crippen LogP contribution in [0.3, 0.4) is 0 Å². The molecule has 16 heavy (non-hydrogen) atoms. The van der Waals surface area contributed by atoms with Gasteiger partial charge in [-0.15, -0.1) is 11.6 Å². The zero-order chi connectivity index (χ0) is 11.8. The van der Waals surface area contributed by atoms with Crippen molar-refractivity contribution in [3.63, 3.8) is 0 Å². The lowest BCUT2D eigenvalue weighted by molar-refractivity contribution is 0.288. The second kappa shape index (κ2) is 7.08. The first kappa shape index (κ1) is 12.8. The molecule has 0 fully saturated rings. The minimum Gasteiger partial charge on any atom is -0.493 e. The highest BCUT2D eigenvalue weighted by molar-refractivity contribution is 6.19. The van der Waals surface area contributed by atoms with Crippen molar-refractivity contribution in [2.24, 2.45) is 0 Å². The van der Waals surface area contributed by atoms with Crippen molar-refractivity contribution in [2.45, 2.75) is 6.42 Å². The molecule has 1 aromatic carbocycles. The summed E-state index contributed by atoms with van der Waals surface area (Å²) in [5, 5.41) is 0. The van der Waals surface area contributed by atoms with Crippen molar-refractivity contribution in [1.29, 1.82) is 0 Å². The van der Waals surface area contributed by atoms with Crippen LogP contribution in [0.1, 0.15) is 12.0 Å². The standard InChI is InChI=1S/C12H11ClF2O/c13-4-1-3-10-7-11(15)9-12(8-10)16-6-2-5-14/h7-9H,2,4-6H2. The fraction of sp³-hybridized carbons (Fsp3) is 0.333. The summed E-state index contributed by atoms with van der Waals surface area (Å²) in [6, 6.07) is 4.13. The van der Waals surface area contributed by atoms with Gasteiger partial charge in [-0.25, -0.2) is 4.39 Å². The van der Waals surface area contributed by atoms with Crippen molar-refractivity contribution in [1.82, 2.24) is 0 Å². The Hall–Kier alpha value is -1.27. The molecule has 0 saturated carbocycles. The van der Waals surface area contributed by atoms with Gasteiger partial charge in [0.25, 0.3) is 0 Å². The van der Waals surface area contributed by atoms with Crippen LogP contribution in [0.5, 0.6) is 5.75 Å². The monoisotopic (exact) mass is 244 g/mol. The fourth-order valence-corrected chi connectivity index (χ4v) is 1.17. The van der Waals surface area contributed by atoms with Crippen molar-refractivity contribution in [3.8, 4) is 17.6 Å². The first-order valence-electron chi connectivity index (χ1n) is 4.80. The molecule has 4 heteroatoms. The summed E-state index contributed by atoms with van der Waals surface area (Å²) in [7, 11) is 0. The van der Waals surface area contributed by atoms with Gasteiger partial charge in [0.05, 0.1) is 19.2 Å². The average Bonchev–Trinajstić information content (AvgIpc) is 2.26. The van der Waals surface area contributed by atoms with Crippen LogP contribution in [0.15, 0.2) is 18.2 Å². The van der Waals surface area contributed by atoms with Crippen LogP contribution >= 0.6 is 11.6 Å². The van der Waals surface area contributed by atoms with E-state index in [2.05, 4.69) is 11.8 Å². The van der Waals surface area contributed by atoms with E-state index in [1.54, 1.807) is 6.07 Å². The maximum Gasteiger partial charge on any atom is 0.128 e. The van der Waals surface area contributed by atoms with Gasteiger partial charge in [0, 0.05) is 18.1 Å². The normalized spacial score (nSPS) is 9.44. The summed E-state index contributed by atoms with van der Waals surface area (Å²) in [5.74, 6) is 5.42. The number of benzene rings is 1. The topological polar surface area (TPSA) is 9.23 Å². The maximum atomic E-state index is 13.1. The molecule has 0 spiro atoms. The predicted octanol–water partition coefficient (Wildman–Crippen LogP) is 3.15. The van der Waals surface area contributed by atoms with E-state index in [1.807, 2.05) is 0 Å². The third-order valence-electron chi connectivity index (χ3n) is 1.72. The number of halogens is 3. The summed E-state index contributed by atoms with van der Waals surface area (Å²) in [4.78, 5) is 0. The van der Waals surface area contributed by atoms with E-state index >= 15 is 0 Å². The molecule has 0 aliphatic heterocycles. The van der Waals surface area contributed by atoms with Gasteiger partial charge in [0.1, 0.15) is 11.6 Å². The molecule has 0 N–H and O–H groups in total. The summed E-state index contributed by atoms with van der Waals surface area (Å²) in [6.07, 6.45) is 0.291. The van der Waals surface area contributed by atoms with Crippen LogP contribution < -0.4 is 4.74 Å². The second-order valence-corrected chi connectivity index (χ2v) is 3.27. The third-order valence-corrected chi connectivity index (χ3v) is 1.85. The summed E-state index contributed by atoms with van der Waals surface area (Å²) < 4.78 is 30.1. The zero-order valence-corrected chi connectivity index (χ0v) is 9.36. The highest BCUT2D eigenvalue weighted by Gasteiger charge is 2.00. The number of hydrogen-bond donors (Lipinski definition) is 0. The Kier molecular flexibility index (Phi) is 5.66. The molecule has 86 valence electrons. The van der Waals surface area contributed by atoms with Gasteiger partial charge in [0.15, 0.2) is 0 Å². The molecule has 0 heterocycles. The number of ether oxygens (including phenoxy) is 1. The van der Waals surface area contributed by atoms with Crippen molar-refractivity contribution in [2.75, 3.05) is 19.2 Å². The van der Waals surface area contributed by atoms with Crippen molar-refractivity contribution >= 4 is 11.6 Å². The SMILES string of the molecule is FCCCOc1cc(F)cc(C#CCCl)c1. The second-order valence-electron chi connectivity index (χ2n) is 3.00. The molecule has 1 rings (SSSR count). The molecule has 0 unspecified atom stereocenters. The quantitative estimate of drug-likeness (QED) is 0.449. The van der Waals surface area contributed by atoms with Gasteiger partial charge in [-0.05, 0) is 12.1 Å². The molecule has 0 radical (unpaired) electrons. The van der Waals surface area contributed by atoms with E-state index < -0.39 is 12.5 Å². The molecule has 1 nitrogen and oxygen atoms in total. The first-order valence-corrected chi connectivity index (χ1v) is 5.34. The third kappa shape index (κ3) is 4.50. The lowest BCUT2D eigenvalue weighted by Crippen LogP contribution is -1.98. The number of rotatable bonds is 4. The largest absolute Gasteiger partial charge is 0.493 e. The average molecular weight is 245 g/mol. The Morgan fingerprint density at radius 2 is 2.12 bits per heavy atom. The minimum absolute atomic E-state index is 0.189. The number of alkyl halides is 2. The Balaban J connectivity index is 2.73. The van der Waals surface area contributed by atoms with Gasteiger partial charge in [-0.1, -0.05) is 11.8 Å². The lowest BCUT2D eigenvalue weighted by Gasteiger charge is -2.05. The van der Waals surface area contributed by atoms with Crippen LogP contribution in [-0.2, 0) is 0 Å². The molecule has 0 amide bonds. The van der Waals surface area contributed by atoms with Gasteiger partial charge in [-0.3, -0.25) is 4.39 Å². The molecule has 0 aromatic heterocycles. The van der Waals surface area contributed by atoms with Crippen LogP contribution in [-0.4, -0.2) is 19.2 Å². The van der Waals surface area contributed by atoms with E-state index in [1.165, 1.54) is 12.1 Å². The van der Waals surface area contributed by atoms with Gasteiger partial charge >= 0.3 is 0 Å². The molecular weight excluding hydrogens is 234 g/mol. The minimum atomic E-state index is -0.450. The van der Waals surface area contributed by atoms with Crippen LogP contribution in [0, 0.1) is 17.7 Å². The van der Waals surface area contributed by atoms with Gasteiger partial charge in [-0.2, -0.15) is 0 Å². The lowest BCUT2D eigenvalue weighted by atomic mass is 10.2. The fourth-order valence-electron chi connectivity index (χ4n) is 1.10. The van der Waals surface area contributed by atoms with E-state index in [-0.39, 0.29) is 12.5 Å². The van der Waals surface area contributed by atoms with E-state index in [0.717, 1.165) is 0 Å². The Morgan fingerprint density at radius 3 is 2.81 bits per heavy atom. The Morgan fingerprint density at radius 1 is 1.31 bits per heavy atom. The summed E-state index contributed by atoms with van der Waals surface area (Å²) in [6.45, 7) is -0.226. The summed E-state index contributed by atoms with van der Waals surface area (Å²) in [5.41, 5.74) is 0.496.